The van der Waals surface area contributed by atoms with E-state index in [0.29, 0.717) is 36.0 Å². The summed E-state index contributed by atoms with van der Waals surface area (Å²) < 4.78 is 0. The minimum atomic E-state index is 0.194. The Bertz CT molecular complexity index is 578. The van der Waals surface area contributed by atoms with Gasteiger partial charge in [0.1, 0.15) is 5.78 Å². The fraction of sp³-hybridized carbons (Fsp3) is 0.235. The maximum atomic E-state index is 11.8. The molecule has 0 aliphatic carbocycles. The number of Topliss-reactive ketones (excluding diaryl/α,β-unsaturated/α-hetero) is 1. The standard InChI is InChI=1S/C17H18Cl2N2O/c18-14-5-1-3-7-16(14)20-11-9-13(22)10-12-21-17-8-4-2-6-15(17)19/h1-8,20-21H,9-12H2. The molecule has 0 bridgehead atoms. The van der Waals surface area contributed by atoms with Crippen LogP contribution in [-0.2, 0) is 4.79 Å². The molecule has 2 aromatic carbocycles. The van der Waals surface area contributed by atoms with E-state index in [1.54, 1.807) is 0 Å². The lowest BCUT2D eigenvalue weighted by molar-refractivity contribution is -0.118. The summed E-state index contributed by atoms with van der Waals surface area (Å²) in [7, 11) is 0. The van der Waals surface area contributed by atoms with Crippen molar-refractivity contribution in [2.75, 3.05) is 23.7 Å². The van der Waals surface area contributed by atoms with E-state index in [1.807, 2.05) is 48.5 Å². The molecule has 2 rings (SSSR count). The molecule has 0 unspecified atom stereocenters. The van der Waals surface area contributed by atoms with Crippen molar-refractivity contribution in [2.24, 2.45) is 0 Å². The van der Waals surface area contributed by atoms with Gasteiger partial charge in [0.2, 0.25) is 0 Å². The molecule has 5 heteroatoms. The fourth-order valence-corrected chi connectivity index (χ4v) is 2.41. The molecule has 0 saturated heterocycles. The van der Waals surface area contributed by atoms with E-state index in [-0.39, 0.29) is 5.78 Å². The SMILES string of the molecule is O=C(CCNc1ccccc1Cl)CCNc1ccccc1Cl. The summed E-state index contributed by atoms with van der Waals surface area (Å²) in [6, 6.07) is 15.0. The first kappa shape index (κ1) is 16.7. The zero-order valence-corrected chi connectivity index (χ0v) is 13.6. The third-order valence-corrected chi connectivity index (χ3v) is 3.85. The summed E-state index contributed by atoms with van der Waals surface area (Å²) in [6.45, 7) is 1.16. The van der Waals surface area contributed by atoms with E-state index < -0.39 is 0 Å². The molecule has 0 atom stereocenters. The monoisotopic (exact) mass is 336 g/mol. The van der Waals surface area contributed by atoms with Crippen LogP contribution in [0.2, 0.25) is 10.0 Å². The average Bonchev–Trinajstić information content (AvgIpc) is 2.51. The van der Waals surface area contributed by atoms with Crippen LogP contribution in [0.5, 0.6) is 0 Å². The maximum Gasteiger partial charge on any atom is 0.136 e. The van der Waals surface area contributed by atoms with Crippen LogP contribution in [0.1, 0.15) is 12.8 Å². The van der Waals surface area contributed by atoms with Gasteiger partial charge in [-0.3, -0.25) is 4.79 Å². The van der Waals surface area contributed by atoms with Gasteiger partial charge in [-0.15, -0.1) is 0 Å². The van der Waals surface area contributed by atoms with Crippen LogP contribution >= 0.6 is 23.2 Å². The molecule has 0 amide bonds. The first-order chi connectivity index (χ1) is 10.7. The van der Waals surface area contributed by atoms with Crippen LogP contribution in [0.3, 0.4) is 0 Å². The average molecular weight is 337 g/mol. The summed E-state index contributed by atoms with van der Waals surface area (Å²) in [6.07, 6.45) is 0.935. The van der Waals surface area contributed by atoms with E-state index in [1.165, 1.54) is 0 Å². The first-order valence-corrected chi connectivity index (χ1v) is 7.91. The zero-order chi connectivity index (χ0) is 15.8. The molecule has 0 aliphatic rings. The quantitative estimate of drug-likeness (QED) is 0.722. The molecule has 116 valence electrons. The molecule has 0 saturated carbocycles. The van der Waals surface area contributed by atoms with Crippen molar-refractivity contribution >= 4 is 40.4 Å². The van der Waals surface area contributed by atoms with Crippen molar-refractivity contribution in [2.45, 2.75) is 12.8 Å². The Morgan fingerprint density at radius 2 is 1.18 bits per heavy atom. The molecule has 0 spiro atoms. The molecule has 22 heavy (non-hydrogen) atoms. The van der Waals surface area contributed by atoms with Gasteiger partial charge < -0.3 is 10.6 Å². The van der Waals surface area contributed by atoms with Gasteiger partial charge in [0.15, 0.2) is 0 Å². The summed E-state index contributed by atoms with van der Waals surface area (Å²) in [5, 5.41) is 7.66. The Balaban J connectivity index is 1.66. The largest absolute Gasteiger partial charge is 0.383 e. The minimum absolute atomic E-state index is 0.194. The third-order valence-electron chi connectivity index (χ3n) is 3.19. The van der Waals surface area contributed by atoms with Crippen LogP contribution in [0, 0.1) is 0 Å². The van der Waals surface area contributed by atoms with Gasteiger partial charge in [-0.25, -0.2) is 0 Å². The number of nitrogens with one attached hydrogen (secondary N) is 2. The second kappa shape index (κ2) is 8.66. The summed E-state index contributed by atoms with van der Waals surface area (Å²) >= 11 is 12.1. The summed E-state index contributed by atoms with van der Waals surface area (Å²) in [4.78, 5) is 11.8. The highest BCUT2D eigenvalue weighted by atomic mass is 35.5. The number of hydrogen-bond acceptors (Lipinski definition) is 3. The predicted molar refractivity (Wildman–Crippen MR) is 94.1 cm³/mol. The van der Waals surface area contributed by atoms with E-state index in [9.17, 15) is 4.79 Å². The summed E-state index contributed by atoms with van der Waals surface area (Å²) in [5.41, 5.74) is 1.71. The Hall–Kier alpha value is -1.71. The number of halogens is 2. The number of benzene rings is 2. The number of rotatable bonds is 8. The molecule has 3 nitrogen and oxygen atoms in total. The summed E-state index contributed by atoms with van der Waals surface area (Å²) in [5.74, 6) is 0.194. The van der Waals surface area contributed by atoms with E-state index in [4.69, 9.17) is 23.2 Å². The second-order valence-electron chi connectivity index (χ2n) is 4.85. The lowest BCUT2D eigenvalue weighted by atomic mass is 10.2. The molecular formula is C17H18Cl2N2O. The Morgan fingerprint density at radius 3 is 1.59 bits per heavy atom. The lowest BCUT2D eigenvalue weighted by Gasteiger charge is -2.09. The Morgan fingerprint density at radius 1 is 0.773 bits per heavy atom. The smallest absolute Gasteiger partial charge is 0.136 e. The predicted octanol–water partition coefficient (Wildman–Crippen LogP) is 4.87. The number of carbonyl (C=O) groups is 1. The molecule has 2 aromatic rings. The topological polar surface area (TPSA) is 41.1 Å². The molecule has 0 aromatic heterocycles. The van der Waals surface area contributed by atoms with Crippen molar-refractivity contribution in [3.05, 3.63) is 58.6 Å². The maximum absolute atomic E-state index is 11.8. The molecule has 0 heterocycles. The number of carbonyl (C=O) groups excluding carboxylic acids is 1. The van der Waals surface area contributed by atoms with Gasteiger partial charge in [-0.2, -0.15) is 0 Å². The van der Waals surface area contributed by atoms with Gasteiger partial charge in [-0.05, 0) is 24.3 Å². The highest BCUT2D eigenvalue weighted by molar-refractivity contribution is 6.33. The molecule has 2 N–H and O–H groups in total. The van der Waals surface area contributed by atoms with Crippen molar-refractivity contribution < 1.29 is 4.79 Å². The fourth-order valence-electron chi connectivity index (χ4n) is 2.01. The van der Waals surface area contributed by atoms with Crippen LogP contribution in [0.15, 0.2) is 48.5 Å². The van der Waals surface area contributed by atoms with Crippen LogP contribution < -0.4 is 10.6 Å². The second-order valence-corrected chi connectivity index (χ2v) is 5.67. The van der Waals surface area contributed by atoms with E-state index in [0.717, 1.165) is 11.4 Å². The number of hydrogen-bond donors (Lipinski definition) is 2. The van der Waals surface area contributed by atoms with Crippen molar-refractivity contribution in [3.8, 4) is 0 Å². The highest BCUT2D eigenvalue weighted by Gasteiger charge is 2.04. The number of anilines is 2. The number of para-hydroxylation sites is 2. The molecule has 0 radical (unpaired) electrons. The van der Waals surface area contributed by atoms with Gasteiger partial charge in [-0.1, -0.05) is 47.5 Å². The Labute approximate surface area is 140 Å². The van der Waals surface area contributed by atoms with Gasteiger partial charge in [0.25, 0.3) is 0 Å². The minimum Gasteiger partial charge on any atom is -0.383 e. The van der Waals surface area contributed by atoms with Gasteiger partial charge in [0, 0.05) is 25.9 Å². The first-order valence-electron chi connectivity index (χ1n) is 7.15. The van der Waals surface area contributed by atoms with Crippen LogP contribution in [0.4, 0.5) is 11.4 Å². The normalized spacial score (nSPS) is 10.3. The van der Waals surface area contributed by atoms with E-state index in [2.05, 4.69) is 10.6 Å². The lowest BCUT2D eigenvalue weighted by Crippen LogP contribution is -2.13. The van der Waals surface area contributed by atoms with Gasteiger partial charge in [0.05, 0.1) is 21.4 Å². The van der Waals surface area contributed by atoms with Gasteiger partial charge >= 0.3 is 0 Å². The van der Waals surface area contributed by atoms with Crippen LogP contribution in [-0.4, -0.2) is 18.9 Å². The van der Waals surface area contributed by atoms with Crippen LogP contribution in [0.25, 0.3) is 0 Å². The molecule has 0 fully saturated rings. The third kappa shape index (κ3) is 5.24. The number of ketones is 1. The molecule has 0 aliphatic heterocycles. The van der Waals surface area contributed by atoms with E-state index >= 15 is 0 Å². The zero-order valence-electron chi connectivity index (χ0n) is 12.1. The highest BCUT2D eigenvalue weighted by Crippen LogP contribution is 2.21. The van der Waals surface area contributed by atoms with Crippen molar-refractivity contribution in [3.63, 3.8) is 0 Å². The van der Waals surface area contributed by atoms with Crippen molar-refractivity contribution in [1.29, 1.82) is 0 Å². The van der Waals surface area contributed by atoms with Crippen molar-refractivity contribution in [1.82, 2.24) is 0 Å². The molecular weight excluding hydrogens is 319 g/mol. The Kier molecular flexibility index (Phi) is 6.56.